The van der Waals surface area contributed by atoms with Crippen LogP contribution in [-0.4, -0.2) is 11.6 Å². The molecule has 15 heavy (non-hydrogen) atoms. The zero-order chi connectivity index (χ0) is 10.7. The summed E-state index contributed by atoms with van der Waals surface area (Å²) in [5.41, 5.74) is -0.177. The van der Waals surface area contributed by atoms with Crippen molar-refractivity contribution < 1.29 is 0 Å². The first-order valence-electron chi connectivity index (χ1n) is 6.49. The maximum Gasteiger partial charge on any atom is 0.109 e. The smallest absolute Gasteiger partial charge is 0.109 e. The lowest BCUT2D eigenvalue weighted by Crippen LogP contribution is -2.51. The van der Waals surface area contributed by atoms with E-state index >= 15 is 0 Å². The van der Waals surface area contributed by atoms with E-state index in [1.54, 1.807) is 0 Å². The number of rotatable bonds is 3. The Labute approximate surface area is 93.0 Å². The second kappa shape index (κ2) is 4.53. The third kappa shape index (κ3) is 2.03. The first-order chi connectivity index (χ1) is 7.30. The average molecular weight is 206 g/mol. The number of nitriles is 1. The zero-order valence-electron chi connectivity index (χ0n) is 9.76. The molecule has 2 aliphatic rings. The van der Waals surface area contributed by atoms with Gasteiger partial charge in [-0.3, -0.25) is 5.32 Å². The van der Waals surface area contributed by atoms with Crippen LogP contribution >= 0.6 is 0 Å². The lowest BCUT2D eigenvalue weighted by atomic mass is 9.85. The van der Waals surface area contributed by atoms with E-state index < -0.39 is 0 Å². The molecule has 2 nitrogen and oxygen atoms in total. The fraction of sp³-hybridized carbons (Fsp3) is 0.923. The van der Waals surface area contributed by atoms with Gasteiger partial charge < -0.3 is 0 Å². The van der Waals surface area contributed by atoms with E-state index in [0.717, 1.165) is 12.8 Å². The summed E-state index contributed by atoms with van der Waals surface area (Å²) in [6, 6.07) is 3.22. The van der Waals surface area contributed by atoms with Crippen LogP contribution in [0.3, 0.4) is 0 Å². The molecule has 0 radical (unpaired) electrons. The molecular weight excluding hydrogens is 184 g/mol. The SMILES string of the molecule is CCC1CCCC1(C#N)NC1CCCC1. The van der Waals surface area contributed by atoms with Crippen molar-refractivity contribution in [2.24, 2.45) is 5.92 Å². The molecule has 0 aromatic rings. The van der Waals surface area contributed by atoms with Gasteiger partial charge in [-0.1, -0.05) is 32.6 Å². The molecule has 1 N–H and O–H groups in total. The molecule has 0 bridgehead atoms. The van der Waals surface area contributed by atoms with Gasteiger partial charge >= 0.3 is 0 Å². The van der Waals surface area contributed by atoms with Gasteiger partial charge in [-0.25, -0.2) is 0 Å². The maximum absolute atomic E-state index is 9.47. The molecule has 2 rings (SSSR count). The van der Waals surface area contributed by atoms with Gasteiger partial charge in [0.25, 0.3) is 0 Å². The summed E-state index contributed by atoms with van der Waals surface area (Å²) in [6.07, 6.45) is 9.92. The Morgan fingerprint density at radius 1 is 1.27 bits per heavy atom. The summed E-state index contributed by atoms with van der Waals surface area (Å²) in [4.78, 5) is 0. The summed E-state index contributed by atoms with van der Waals surface area (Å²) in [5.74, 6) is 0.586. The van der Waals surface area contributed by atoms with Crippen LogP contribution in [0.2, 0.25) is 0 Å². The molecule has 0 aromatic heterocycles. The summed E-state index contributed by atoms with van der Waals surface area (Å²) >= 11 is 0. The molecule has 2 atom stereocenters. The summed E-state index contributed by atoms with van der Waals surface area (Å²) in [7, 11) is 0. The molecule has 0 aliphatic heterocycles. The fourth-order valence-corrected chi connectivity index (χ4v) is 3.43. The van der Waals surface area contributed by atoms with Crippen LogP contribution in [0, 0.1) is 17.2 Å². The Morgan fingerprint density at radius 3 is 2.60 bits per heavy atom. The van der Waals surface area contributed by atoms with Crippen LogP contribution in [0.15, 0.2) is 0 Å². The highest BCUT2D eigenvalue weighted by Gasteiger charge is 2.43. The van der Waals surface area contributed by atoms with E-state index in [-0.39, 0.29) is 5.54 Å². The highest BCUT2D eigenvalue weighted by Crippen LogP contribution is 2.38. The lowest BCUT2D eigenvalue weighted by Gasteiger charge is -2.32. The molecular formula is C13H22N2. The molecule has 0 aromatic carbocycles. The van der Waals surface area contributed by atoms with Crippen molar-refractivity contribution in [3.8, 4) is 6.07 Å². The zero-order valence-corrected chi connectivity index (χ0v) is 9.76. The van der Waals surface area contributed by atoms with Gasteiger partial charge in [-0.2, -0.15) is 5.26 Å². The van der Waals surface area contributed by atoms with Crippen molar-refractivity contribution >= 4 is 0 Å². The van der Waals surface area contributed by atoms with E-state index in [1.807, 2.05) is 0 Å². The lowest BCUT2D eigenvalue weighted by molar-refractivity contribution is 0.276. The van der Waals surface area contributed by atoms with Crippen LogP contribution in [0.25, 0.3) is 0 Å². The first-order valence-corrected chi connectivity index (χ1v) is 6.49. The summed E-state index contributed by atoms with van der Waals surface area (Å²) in [5, 5.41) is 13.1. The molecule has 0 heterocycles. The monoisotopic (exact) mass is 206 g/mol. The van der Waals surface area contributed by atoms with E-state index in [0.29, 0.717) is 12.0 Å². The molecule has 0 spiro atoms. The quantitative estimate of drug-likeness (QED) is 0.770. The number of nitrogens with one attached hydrogen (secondary N) is 1. The summed E-state index contributed by atoms with van der Waals surface area (Å²) < 4.78 is 0. The molecule has 2 fully saturated rings. The first kappa shape index (κ1) is 11.0. The Balaban J connectivity index is 2.04. The van der Waals surface area contributed by atoms with Crippen LogP contribution in [0.4, 0.5) is 0 Å². The van der Waals surface area contributed by atoms with Crippen LogP contribution in [0.5, 0.6) is 0 Å². The predicted octanol–water partition coefficient (Wildman–Crippen LogP) is 2.99. The van der Waals surface area contributed by atoms with Gasteiger partial charge in [-0.05, 0) is 31.6 Å². The highest BCUT2D eigenvalue weighted by atomic mass is 15.0. The average Bonchev–Trinajstić information content (AvgIpc) is 2.88. The van der Waals surface area contributed by atoms with Crippen molar-refractivity contribution in [2.75, 3.05) is 0 Å². The molecule has 0 amide bonds. The van der Waals surface area contributed by atoms with Gasteiger partial charge in [0.1, 0.15) is 5.54 Å². The molecule has 2 saturated carbocycles. The number of hydrogen-bond donors (Lipinski definition) is 1. The van der Waals surface area contributed by atoms with Gasteiger partial charge in [0.05, 0.1) is 6.07 Å². The van der Waals surface area contributed by atoms with Gasteiger partial charge in [0, 0.05) is 6.04 Å². The van der Waals surface area contributed by atoms with E-state index in [2.05, 4.69) is 18.3 Å². The maximum atomic E-state index is 9.47. The van der Waals surface area contributed by atoms with Crippen LogP contribution in [-0.2, 0) is 0 Å². The van der Waals surface area contributed by atoms with Crippen molar-refractivity contribution in [2.45, 2.75) is 69.9 Å². The Kier molecular flexibility index (Phi) is 3.31. The van der Waals surface area contributed by atoms with Crippen molar-refractivity contribution in [3.63, 3.8) is 0 Å². The molecule has 0 saturated heterocycles. The normalized spacial score (nSPS) is 36.9. The van der Waals surface area contributed by atoms with Crippen molar-refractivity contribution in [1.82, 2.24) is 5.32 Å². The topological polar surface area (TPSA) is 35.8 Å². The molecule has 2 heteroatoms. The predicted molar refractivity (Wildman–Crippen MR) is 61.4 cm³/mol. The van der Waals surface area contributed by atoms with Crippen LogP contribution < -0.4 is 5.32 Å². The fourth-order valence-electron chi connectivity index (χ4n) is 3.43. The second-order valence-electron chi connectivity index (χ2n) is 5.21. The Morgan fingerprint density at radius 2 is 2.00 bits per heavy atom. The molecule has 2 unspecified atom stereocenters. The number of hydrogen-bond acceptors (Lipinski definition) is 2. The van der Waals surface area contributed by atoms with E-state index in [4.69, 9.17) is 0 Å². The minimum absolute atomic E-state index is 0.177. The standard InChI is InChI=1S/C13H22N2/c1-2-11-6-5-9-13(11,10-14)15-12-7-3-4-8-12/h11-12,15H,2-9H2,1H3. The molecule has 84 valence electrons. The van der Waals surface area contributed by atoms with Crippen LogP contribution in [0.1, 0.15) is 58.3 Å². The highest BCUT2D eigenvalue weighted by molar-refractivity contribution is 5.14. The largest absolute Gasteiger partial charge is 0.296 e. The van der Waals surface area contributed by atoms with Crippen molar-refractivity contribution in [1.29, 1.82) is 5.26 Å². The minimum Gasteiger partial charge on any atom is -0.296 e. The van der Waals surface area contributed by atoms with E-state index in [9.17, 15) is 5.26 Å². The van der Waals surface area contributed by atoms with Gasteiger partial charge in [-0.15, -0.1) is 0 Å². The minimum atomic E-state index is -0.177. The molecule has 2 aliphatic carbocycles. The third-order valence-corrected chi connectivity index (χ3v) is 4.33. The Hall–Kier alpha value is -0.550. The number of nitrogens with zero attached hydrogens (tertiary/aromatic N) is 1. The second-order valence-corrected chi connectivity index (χ2v) is 5.21. The van der Waals surface area contributed by atoms with Crippen molar-refractivity contribution in [3.05, 3.63) is 0 Å². The van der Waals surface area contributed by atoms with Gasteiger partial charge in [0.15, 0.2) is 0 Å². The van der Waals surface area contributed by atoms with E-state index in [1.165, 1.54) is 38.5 Å². The van der Waals surface area contributed by atoms with Gasteiger partial charge in [0.2, 0.25) is 0 Å². The third-order valence-electron chi connectivity index (χ3n) is 4.33. The Bertz CT molecular complexity index is 250. The summed E-state index contributed by atoms with van der Waals surface area (Å²) in [6.45, 7) is 2.22.